The fourth-order valence-corrected chi connectivity index (χ4v) is 2.19. The third-order valence-electron chi connectivity index (χ3n) is 3.05. The maximum absolute atomic E-state index is 5.89. The summed E-state index contributed by atoms with van der Waals surface area (Å²) in [4.78, 5) is 2.52. The summed E-state index contributed by atoms with van der Waals surface area (Å²) < 4.78 is 5.89. The Balaban J connectivity index is 1.99. The second-order valence-corrected chi connectivity index (χ2v) is 5.12. The molecule has 2 heteroatoms. The van der Waals surface area contributed by atoms with Gasteiger partial charge in [0, 0.05) is 19.7 Å². The number of likely N-dealkylation sites (tertiary alicyclic amines) is 1. The van der Waals surface area contributed by atoms with Gasteiger partial charge in [0.1, 0.15) is 0 Å². The number of hydrogen-bond donors (Lipinski definition) is 0. The summed E-state index contributed by atoms with van der Waals surface area (Å²) in [5.41, 5.74) is 0. The molecule has 0 aromatic heterocycles. The largest absolute Gasteiger partial charge is 0.377 e. The van der Waals surface area contributed by atoms with Gasteiger partial charge in [-0.15, -0.1) is 0 Å². The normalized spacial score (nSPS) is 22.8. The molecule has 0 aromatic rings. The van der Waals surface area contributed by atoms with Gasteiger partial charge in [0.2, 0.25) is 0 Å². The van der Waals surface area contributed by atoms with Crippen LogP contribution in [0, 0.1) is 5.92 Å². The molecule has 0 amide bonds. The maximum Gasteiger partial charge on any atom is 0.0714 e. The number of hydrogen-bond acceptors (Lipinski definition) is 2. The van der Waals surface area contributed by atoms with E-state index in [-0.39, 0.29) is 0 Å². The van der Waals surface area contributed by atoms with Crippen LogP contribution in [0.1, 0.15) is 46.5 Å². The van der Waals surface area contributed by atoms with Crippen molar-refractivity contribution in [1.82, 2.24) is 4.90 Å². The molecular weight excluding hydrogens is 186 g/mol. The first-order chi connectivity index (χ1) is 7.22. The van der Waals surface area contributed by atoms with Crippen molar-refractivity contribution in [2.24, 2.45) is 5.92 Å². The van der Waals surface area contributed by atoms with Crippen LogP contribution in [-0.2, 0) is 4.74 Å². The topological polar surface area (TPSA) is 12.5 Å². The molecule has 1 rings (SSSR count). The average molecular weight is 213 g/mol. The summed E-state index contributed by atoms with van der Waals surface area (Å²) in [6.07, 6.45) is 5.54. The quantitative estimate of drug-likeness (QED) is 0.603. The molecule has 15 heavy (non-hydrogen) atoms. The van der Waals surface area contributed by atoms with Crippen molar-refractivity contribution in [1.29, 1.82) is 0 Å². The van der Waals surface area contributed by atoms with Gasteiger partial charge in [0.05, 0.1) is 6.10 Å². The van der Waals surface area contributed by atoms with E-state index in [4.69, 9.17) is 4.74 Å². The lowest BCUT2D eigenvalue weighted by molar-refractivity contribution is 0.0552. The Morgan fingerprint density at radius 2 is 2.20 bits per heavy atom. The lowest BCUT2D eigenvalue weighted by Crippen LogP contribution is -2.24. The molecule has 1 heterocycles. The summed E-state index contributed by atoms with van der Waals surface area (Å²) in [6.45, 7) is 11.4. The van der Waals surface area contributed by atoms with Crippen LogP contribution in [0.3, 0.4) is 0 Å². The third-order valence-corrected chi connectivity index (χ3v) is 3.05. The van der Waals surface area contributed by atoms with Crippen LogP contribution in [0.25, 0.3) is 0 Å². The zero-order valence-corrected chi connectivity index (χ0v) is 10.7. The van der Waals surface area contributed by atoms with E-state index >= 15 is 0 Å². The Hall–Kier alpha value is -0.0800. The molecular formula is C13H27NO. The van der Waals surface area contributed by atoms with E-state index in [1.807, 2.05) is 0 Å². The van der Waals surface area contributed by atoms with Gasteiger partial charge in [-0.25, -0.2) is 0 Å². The first-order valence-electron chi connectivity index (χ1n) is 6.56. The second kappa shape index (κ2) is 7.24. The molecule has 0 aromatic carbocycles. The number of ether oxygens (including phenoxy) is 1. The van der Waals surface area contributed by atoms with Crippen LogP contribution in [0.4, 0.5) is 0 Å². The smallest absolute Gasteiger partial charge is 0.0714 e. The summed E-state index contributed by atoms with van der Waals surface area (Å²) >= 11 is 0. The molecule has 1 aliphatic heterocycles. The second-order valence-electron chi connectivity index (χ2n) is 5.12. The van der Waals surface area contributed by atoms with E-state index in [2.05, 4.69) is 25.7 Å². The van der Waals surface area contributed by atoms with E-state index in [9.17, 15) is 0 Å². The van der Waals surface area contributed by atoms with Gasteiger partial charge in [-0.2, -0.15) is 0 Å². The van der Waals surface area contributed by atoms with Gasteiger partial charge in [-0.1, -0.05) is 20.8 Å². The van der Waals surface area contributed by atoms with E-state index in [1.54, 1.807) is 0 Å². The van der Waals surface area contributed by atoms with Gasteiger partial charge < -0.3 is 9.64 Å². The molecule has 0 saturated carbocycles. The van der Waals surface area contributed by atoms with Crippen LogP contribution in [0.15, 0.2) is 0 Å². The molecule has 0 spiro atoms. The monoisotopic (exact) mass is 213 g/mol. The molecule has 2 nitrogen and oxygen atoms in total. The maximum atomic E-state index is 5.89. The highest BCUT2D eigenvalue weighted by Crippen LogP contribution is 2.13. The highest BCUT2D eigenvalue weighted by molar-refractivity contribution is 4.75. The first kappa shape index (κ1) is 13.0. The van der Waals surface area contributed by atoms with Crippen molar-refractivity contribution in [2.75, 3.05) is 26.2 Å². The molecule has 1 fully saturated rings. The Labute approximate surface area is 95.0 Å². The first-order valence-corrected chi connectivity index (χ1v) is 6.56. The van der Waals surface area contributed by atoms with Gasteiger partial charge in [-0.3, -0.25) is 0 Å². The van der Waals surface area contributed by atoms with Crippen LogP contribution in [0.5, 0.6) is 0 Å². The van der Waals surface area contributed by atoms with Crippen LogP contribution in [-0.4, -0.2) is 37.2 Å². The fraction of sp³-hybridized carbons (Fsp3) is 1.00. The summed E-state index contributed by atoms with van der Waals surface area (Å²) in [5, 5.41) is 0. The van der Waals surface area contributed by atoms with Crippen molar-refractivity contribution >= 4 is 0 Å². The van der Waals surface area contributed by atoms with Gasteiger partial charge >= 0.3 is 0 Å². The Bertz CT molecular complexity index is 159. The summed E-state index contributed by atoms with van der Waals surface area (Å²) in [6, 6.07) is 0. The molecule has 0 N–H and O–H groups in total. The minimum Gasteiger partial charge on any atom is -0.377 e. The fourth-order valence-electron chi connectivity index (χ4n) is 2.19. The molecule has 0 radical (unpaired) electrons. The highest BCUT2D eigenvalue weighted by atomic mass is 16.5. The third kappa shape index (κ3) is 5.53. The predicted molar refractivity (Wildman–Crippen MR) is 65.2 cm³/mol. The Morgan fingerprint density at radius 1 is 1.40 bits per heavy atom. The zero-order chi connectivity index (χ0) is 11.1. The van der Waals surface area contributed by atoms with E-state index < -0.39 is 0 Å². The van der Waals surface area contributed by atoms with Crippen molar-refractivity contribution in [3.8, 4) is 0 Å². The van der Waals surface area contributed by atoms with Crippen molar-refractivity contribution in [2.45, 2.75) is 52.6 Å². The molecule has 1 atom stereocenters. The number of rotatable bonds is 7. The standard InChI is InChI=1S/C13H27NO/c1-4-8-14-9-7-13(11-14)15-10-5-6-12(2)3/h12-13H,4-11H2,1-3H3/t13-/m0/s1. The number of nitrogens with zero attached hydrogens (tertiary/aromatic N) is 1. The molecule has 0 unspecified atom stereocenters. The minimum atomic E-state index is 0.517. The predicted octanol–water partition coefficient (Wildman–Crippen LogP) is 2.92. The molecule has 0 bridgehead atoms. The van der Waals surface area contributed by atoms with E-state index in [1.165, 1.54) is 38.8 Å². The average Bonchev–Trinajstić information content (AvgIpc) is 2.61. The van der Waals surface area contributed by atoms with Gasteiger partial charge in [0.25, 0.3) is 0 Å². The summed E-state index contributed by atoms with van der Waals surface area (Å²) in [5.74, 6) is 0.814. The lowest BCUT2D eigenvalue weighted by Gasteiger charge is -2.15. The molecule has 90 valence electrons. The van der Waals surface area contributed by atoms with Crippen molar-refractivity contribution in [3.63, 3.8) is 0 Å². The molecule has 1 aliphatic rings. The lowest BCUT2D eigenvalue weighted by atomic mass is 10.1. The van der Waals surface area contributed by atoms with E-state index in [0.717, 1.165) is 19.1 Å². The Morgan fingerprint density at radius 3 is 2.87 bits per heavy atom. The van der Waals surface area contributed by atoms with Crippen LogP contribution in [0.2, 0.25) is 0 Å². The Kier molecular flexibility index (Phi) is 6.26. The zero-order valence-electron chi connectivity index (χ0n) is 10.7. The van der Waals surface area contributed by atoms with Crippen molar-refractivity contribution in [3.05, 3.63) is 0 Å². The van der Waals surface area contributed by atoms with Crippen molar-refractivity contribution < 1.29 is 4.74 Å². The summed E-state index contributed by atoms with van der Waals surface area (Å²) in [7, 11) is 0. The molecule has 1 saturated heterocycles. The minimum absolute atomic E-state index is 0.517. The molecule has 0 aliphatic carbocycles. The van der Waals surface area contributed by atoms with E-state index in [0.29, 0.717) is 6.10 Å². The van der Waals surface area contributed by atoms with Crippen LogP contribution < -0.4 is 0 Å². The van der Waals surface area contributed by atoms with Crippen LogP contribution >= 0.6 is 0 Å². The van der Waals surface area contributed by atoms with Gasteiger partial charge in [-0.05, 0) is 38.1 Å². The highest BCUT2D eigenvalue weighted by Gasteiger charge is 2.21. The SMILES string of the molecule is CCCN1CC[C@H](OCCCC(C)C)C1. The van der Waals surface area contributed by atoms with Gasteiger partial charge in [0.15, 0.2) is 0 Å².